The molecule has 1 heterocycles. The maximum absolute atomic E-state index is 13.7. The van der Waals surface area contributed by atoms with Gasteiger partial charge in [-0.25, -0.2) is 9.07 Å². The number of aryl methyl sites for hydroxylation is 1. The lowest BCUT2D eigenvalue weighted by molar-refractivity contribution is 0.608. The minimum Gasteiger partial charge on any atom is -0.381 e. The largest absolute Gasteiger partial charge is 0.381 e. The molecule has 0 atom stereocenters. The van der Waals surface area contributed by atoms with E-state index in [-0.39, 0.29) is 5.82 Å². The van der Waals surface area contributed by atoms with E-state index in [0.29, 0.717) is 18.8 Å². The molecule has 4 nitrogen and oxygen atoms in total. The van der Waals surface area contributed by atoms with Crippen LogP contribution in [-0.4, -0.2) is 22.9 Å². The lowest BCUT2D eigenvalue weighted by Crippen LogP contribution is -2.14. The van der Waals surface area contributed by atoms with Crippen LogP contribution in [0, 0.1) is 19.7 Å². The Bertz CT molecular complexity index is 548. The van der Waals surface area contributed by atoms with Gasteiger partial charge in [-0.3, -0.25) is 0 Å². The first kappa shape index (κ1) is 12.6. The lowest BCUT2D eigenvalue weighted by Gasteiger charge is -2.07. The van der Waals surface area contributed by atoms with Gasteiger partial charge in [0.2, 0.25) is 0 Å². The minimum absolute atomic E-state index is 0.284. The van der Waals surface area contributed by atoms with Crippen molar-refractivity contribution in [1.82, 2.24) is 9.78 Å². The number of nitrogens with zero attached hydrogens (tertiary/aromatic N) is 2. The van der Waals surface area contributed by atoms with Crippen molar-refractivity contribution in [2.75, 3.05) is 18.4 Å². The zero-order valence-corrected chi connectivity index (χ0v) is 10.6. The van der Waals surface area contributed by atoms with Crippen molar-refractivity contribution in [1.29, 1.82) is 0 Å². The Labute approximate surface area is 106 Å². The third-order valence-electron chi connectivity index (χ3n) is 2.82. The smallest absolute Gasteiger partial charge is 0.148 e. The Morgan fingerprint density at radius 1 is 1.33 bits per heavy atom. The molecule has 1 aromatic carbocycles. The second kappa shape index (κ2) is 5.18. The topological polar surface area (TPSA) is 55.9 Å². The van der Waals surface area contributed by atoms with E-state index < -0.39 is 0 Å². The van der Waals surface area contributed by atoms with Crippen molar-refractivity contribution in [2.24, 2.45) is 5.73 Å². The molecule has 2 rings (SSSR count). The molecule has 0 radical (unpaired) electrons. The first-order chi connectivity index (χ1) is 8.65. The molecule has 0 fully saturated rings. The number of halogens is 1. The molecule has 0 saturated carbocycles. The second-order valence-corrected chi connectivity index (χ2v) is 4.12. The molecular formula is C13H17FN4. The van der Waals surface area contributed by atoms with E-state index in [4.69, 9.17) is 5.73 Å². The summed E-state index contributed by atoms with van der Waals surface area (Å²) in [5, 5.41) is 7.58. The van der Waals surface area contributed by atoms with Crippen LogP contribution in [0.25, 0.3) is 5.69 Å². The lowest BCUT2D eigenvalue weighted by atomic mass is 10.3. The highest BCUT2D eigenvalue weighted by atomic mass is 19.1. The van der Waals surface area contributed by atoms with Crippen LogP contribution < -0.4 is 11.1 Å². The summed E-state index contributed by atoms with van der Waals surface area (Å²) in [6.45, 7) is 5.02. The van der Waals surface area contributed by atoms with Crippen LogP contribution in [0.15, 0.2) is 24.3 Å². The Morgan fingerprint density at radius 2 is 2.06 bits per heavy atom. The number of rotatable bonds is 4. The predicted molar refractivity (Wildman–Crippen MR) is 70.5 cm³/mol. The summed E-state index contributed by atoms with van der Waals surface area (Å²) < 4.78 is 15.4. The van der Waals surface area contributed by atoms with Gasteiger partial charge in [-0.15, -0.1) is 0 Å². The van der Waals surface area contributed by atoms with Gasteiger partial charge in [0.25, 0.3) is 0 Å². The number of nitrogens with two attached hydrogens (primary N) is 1. The van der Waals surface area contributed by atoms with Crippen LogP contribution in [0.4, 0.5) is 10.1 Å². The molecule has 2 aromatic rings. The van der Waals surface area contributed by atoms with Crippen molar-refractivity contribution in [2.45, 2.75) is 13.8 Å². The van der Waals surface area contributed by atoms with Crippen LogP contribution in [0.2, 0.25) is 0 Å². The Morgan fingerprint density at radius 3 is 2.72 bits per heavy atom. The fourth-order valence-corrected chi connectivity index (χ4v) is 1.95. The molecule has 1 aromatic heterocycles. The summed E-state index contributed by atoms with van der Waals surface area (Å²) in [5.74, 6) is -0.284. The van der Waals surface area contributed by atoms with E-state index in [9.17, 15) is 4.39 Å². The van der Waals surface area contributed by atoms with Crippen molar-refractivity contribution in [3.8, 4) is 5.69 Å². The van der Waals surface area contributed by atoms with Gasteiger partial charge in [0, 0.05) is 13.1 Å². The molecule has 0 aliphatic rings. The number of hydrogen-bond acceptors (Lipinski definition) is 3. The molecule has 0 aliphatic carbocycles. The van der Waals surface area contributed by atoms with Gasteiger partial charge >= 0.3 is 0 Å². The zero-order valence-electron chi connectivity index (χ0n) is 10.6. The molecule has 0 bridgehead atoms. The highest BCUT2D eigenvalue weighted by Gasteiger charge is 2.14. The summed E-state index contributed by atoms with van der Waals surface area (Å²) >= 11 is 0. The van der Waals surface area contributed by atoms with Crippen LogP contribution in [0.5, 0.6) is 0 Å². The summed E-state index contributed by atoms with van der Waals surface area (Å²) in [7, 11) is 0. The Balaban J connectivity index is 2.44. The van der Waals surface area contributed by atoms with Gasteiger partial charge in [-0.05, 0) is 26.0 Å². The Kier molecular flexibility index (Phi) is 3.62. The molecule has 96 valence electrons. The van der Waals surface area contributed by atoms with Crippen molar-refractivity contribution in [3.05, 3.63) is 41.5 Å². The minimum atomic E-state index is -0.284. The molecule has 18 heavy (non-hydrogen) atoms. The van der Waals surface area contributed by atoms with Gasteiger partial charge in [0.05, 0.1) is 17.1 Å². The second-order valence-electron chi connectivity index (χ2n) is 4.12. The maximum Gasteiger partial charge on any atom is 0.148 e. The summed E-state index contributed by atoms with van der Waals surface area (Å²) in [6.07, 6.45) is 0. The highest BCUT2D eigenvalue weighted by Crippen LogP contribution is 2.23. The average Bonchev–Trinajstić information content (AvgIpc) is 2.63. The van der Waals surface area contributed by atoms with Gasteiger partial charge in [0.15, 0.2) is 0 Å². The highest BCUT2D eigenvalue weighted by molar-refractivity contribution is 5.54. The van der Waals surface area contributed by atoms with Crippen molar-refractivity contribution >= 4 is 5.69 Å². The molecule has 0 saturated heterocycles. The van der Waals surface area contributed by atoms with Gasteiger partial charge in [-0.2, -0.15) is 5.10 Å². The molecular weight excluding hydrogens is 231 g/mol. The number of benzene rings is 1. The first-order valence-electron chi connectivity index (χ1n) is 5.90. The number of aromatic nitrogens is 2. The van der Waals surface area contributed by atoms with E-state index in [2.05, 4.69) is 10.4 Å². The fourth-order valence-electron chi connectivity index (χ4n) is 1.95. The molecule has 0 aliphatic heterocycles. The summed E-state index contributed by atoms with van der Waals surface area (Å²) in [5.41, 5.74) is 8.56. The van der Waals surface area contributed by atoms with Crippen molar-refractivity contribution < 1.29 is 4.39 Å². The van der Waals surface area contributed by atoms with Crippen LogP contribution in [-0.2, 0) is 0 Å². The predicted octanol–water partition coefficient (Wildman–Crippen LogP) is 2.00. The van der Waals surface area contributed by atoms with Gasteiger partial charge in [0.1, 0.15) is 11.5 Å². The summed E-state index contributed by atoms with van der Waals surface area (Å²) in [6, 6.07) is 6.60. The van der Waals surface area contributed by atoms with E-state index in [1.54, 1.807) is 22.9 Å². The quantitative estimate of drug-likeness (QED) is 0.870. The van der Waals surface area contributed by atoms with Crippen LogP contribution >= 0.6 is 0 Å². The molecule has 3 N–H and O–H groups in total. The van der Waals surface area contributed by atoms with E-state index in [1.165, 1.54) is 6.07 Å². The third-order valence-corrected chi connectivity index (χ3v) is 2.82. The zero-order chi connectivity index (χ0) is 13.1. The SMILES string of the molecule is Cc1nn(-c2ccccc2F)c(C)c1NCCN. The normalized spacial score (nSPS) is 10.7. The number of para-hydroxylation sites is 1. The maximum atomic E-state index is 13.7. The third kappa shape index (κ3) is 2.22. The van der Waals surface area contributed by atoms with Crippen LogP contribution in [0.3, 0.4) is 0 Å². The number of hydrogen-bond donors (Lipinski definition) is 2. The van der Waals surface area contributed by atoms with Gasteiger partial charge in [-0.1, -0.05) is 12.1 Å². The fraction of sp³-hybridized carbons (Fsp3) is 0.308. The number of anilines is 1. The van der Waals surface area contributed by atoms with E-state index in [1.807, 2.05) is 13.8 Å². The monoisotopic (exact) mass is 248 g/mol. The standard InChI is InChI=1S/C13H17FN4/c1-9-13(16-8-7-15)10(2)18(17-9)12-6-4-3-5-11(12)14/h3-6,16H,7-8,15H2,1-2H3. The molecule has 0 spiro atoms. The van der Waals surface area contributed by atoms with Gasteiger partial charge < -0.3 is 11.1 Å². The van der Waals surface area contributed by atoms with E-state index in [0.717, 1.165) is 17.1 Å². The molecule has 5 heteroatoms. The van der Waals surface area contributed by atoms with Crippen molar-refractivity contribution in [3.63, 3.8) is 0 Å². The van der Waals surface area contributed by atoms with Crippen LogP contribution in [0.1, 0.15) is 11.4 Å². The average molecular weight is 248 g/mol. The van der Waals surface area contributed by atoms with E-state index >= 15 is 0 Å². The Hall–Kier alpha value is -1.88. The number of nitrogens with one attached hydrogen (secondary N) is 1. The first-order valence-corrected chi connectivity index (χ1v) is 5.90. The summed E-state index contributed by atoms with van der Waals surface area (Å²) in [4.78, 5) is 0. The molecule has 0 unspecified atom stereocenters. The molecule has 0 amide bonds.